The van der Waals surface area contributed by atoms with Crippen LogP contribution in [0, 0.1) is 29.1 Å². The fraction of sp³-hybridized carbons (Fsp3) is 0.614. The molecule has 2 fully saturated rings. The predicted octanol–water partition coefficient (Wildman–Crippen LogP) is 5.25. The third kappa shape index (κ3) is 8.49. The van der Waals surface area contributed by atoms with E-state index in [-0.39, 0.29) is 42.9 Å². The van der Waals surface area contributed by atoms with Gasteiger partial charge >= 0.3 is 0 Å². The number of aliphatic hydroxyl groups is 5. The number of carbonyl (C=O) groups excluding carboxylic acids is 1. The van der Waals surface area contributed by atoms with Crippen molar-refractivity contribution in [1.82, 2.24) is 10.6 Å². The number of aliphatic hydroxyl groups excluding tert-OH is 4. The van der Waals surface area contributed by atoms with Crippen LogP contribution >= 0.6 is 0 Å². The number of aldehydes is 1. The average molecular weight is 717 g/mol. The Balaban J connectivity index is 1.44. The Morgan fingerprint density at radius 3 is 2.63 bits per heavy atom. The minimum atomic E-state index is -1.17. The molecule has 4 aliphatic rings. The van der Waals surface area contributed by atoms with Crippen molar-refractivity contribution in [2.75, 3.05) is 26.8 Å². The van der Waals surface area contributed by atoms with E-state index in [4.69, 9.17) is 0 Å². The monoisotopic (exact) mass is 716 g/mol. The van der Waals surface area contributed by atoms with Gasteiger partial charge in [-0.15, -0.1) is 0 Å². The molecule has 1 aromatic carbocycles. The Kier molecular flexibility index (Phi) is 14.1. The lowest BCUT2D eigenvalue weighted by Gasteiger charge is -2.60. The maximum Gasteiger partial charge on any atom is 0.145 e. The molecule has 2 bridgehead atoms. The van der Waals surface area contributed by atoms with Crippen LogP contribution < -0.4 is 10.6 Å². The van der Waals surface area contributed by atoms with Crippen LogP contribution in [-0.4, -0.2) is 82.6 Å². The smallest absolute Gasteiger partial charge is 0.145 e. The molecular weight excluding hydrogens is 652 g/mol. The highest BCUT2D eigenvalue weighted by atomic mass is 16.3. The highest BCUT2D eigenvalue weighted by Crippen LogP contribution is 2.66. The summed E-state index contributed by atoms with van der Waals surface area (Å²) in [6.45, 7) is 8.87. The van der Waals surface area contributed by atoms with Gasteiger partial charge < -0.3 is 30.8 Å². The van der Waals surface area contributed by atoms with Gasteiger partial charge in [0.25, 0.3) is 0 Å². The van der Waals surface area contributed by atoms with E-state index in [2.05, 4.69) is 54.5 Å². The van der Waals surface area contributed by atoms with Gasteiger partial charge in [0.2, 0.25) is 0 Å². The molecule has 1 heterocycles. The number of carbonyl (C=O) groups is 1. The lowest BCUT2D eigenvalue weighted by atomic mass is 9.47. The molecule has 0 radical (unpaired) electrons. The first kappa shape index (κ1) is 40.5. The fourth-order valence-electron chi connectivity index (χ4n) is 10.4. The van der Waals surface area contributed by atoms with E-state index in [0.717, 1.165) is 54.3 Å². The zero-order valence-corrected chi connectivity index (χ0v) is 31.7. The predicted molar refractivity (Wildman–Crippen MR) is 207 cm³/mol. The summed E-state index contributed by atoms with van der Waals surface area (Å²) in [4.78, 5) is 12.4. The molecule has 8 nitrogen and oxygen atoms in total. The van der Waals surface area contributed by atoms with Gasteiger partial charge in [0.15, 0.2) is 0 Å². The summed E-state index contributed by atoms with van der Waals surface area (Å²) in [5.74, 6) is -0.424. The maximum atomic E-state index is 12.8. The van der Waals surface area contributed by atoms with Gasteiger partial charge in [-0.2, -0.15) is 0 Å². The van der Waals surface area contributed by atoms with Crippen LogP contribution in [0.2, 0.25) is 0 Å². The molecule has 3 aliphatic carbocycles. The second-order valence-corrected chi connectivity index (χ2v) is 16.2. The molecule has 2 saturated carbocycles. The third-order valence-corrected chi connectivity index (χ3v) is 13.0. The summed E-state index contributed by atoms with van der Waals surface area (Å²) < 4.78 is 0. The summed E-state index contributed by atoms with van der Waals surface area (Å²) in [6.07, 6.45) is 15.4. The van der Waals surface area contributed by atoms with Gasteiger partial charge in [0, 0.05) is 24.0 Å². The molecule has 1 aliphatic heterocycles. The first-order chi connectivity index (χ1) is 25.0. The number of fused-ring (bicyclic) bond motifs is 3. The quantitative estimate of drug-likeness (QED) is 0.0884. The molecule has 5 rings (SSSR count). The topological polar surface area (TPSA) is 142 Å². The second-order valence-electron chi connectivity index (χ2n) is 16.2. The summed E-state index contributed by atoms with van der Waals surface area (Å²) in [5, 5.41) is 63.3. The van der Waals surface area contributed by atoms with Crippen LogP contribution in [-0.2, 0) is 17.6 Å². The number of benzene rings is 1. The molecule has 52 heavy (non-hydrogen) atoms. The summed E-state index contributed by atoms with van der Waals surface area (Å²) >= 11 is 0. The minimum absolute atomic E-state index is 0.00432. The molecule has 286 valence electrons. The van der Waals surface area contributed by atoms with Crippen LogP contribution in [0.25, 0.3) is 0 Å². The zero-order valence-electron chi connectivity index (χ0n) is 31.7. The van der Waals surface area contributed by atoms with E-state index >= 15 is 0 Å². The summed E-state index contributed by atoms with van der Waals surface area (Å²) in [6, 6.07) is 8.75. The Morgan fingerprint density at radius 2 is 1.92 bits per heavy atom. The number of nitrogens with one attached hydrogen (secondary N) is 2. The van der Waals surface area contributed by atoms with E-state index in [9.17, 15) is 30.3 Å². The number of hydrogen-bond donors (Lipinski definition) is 7. The Hall–Kier alpha value is -2.69. The van der Waals surface area contributed by atoms with Gasteiger partial charge in [-0.05, 0) is 150 Å². The SMILES string of the molecule is C=C(/C=C/C=C(/CO)[C@@H]1CC[C@]2([C@@H]1O)[C@@H](CCCO)C1=C(C=O)CCC[C@@H]1C[C@]2(O)CCNC)[C@H]1C/C=C(\C)[C@@H](O)N[C@@H](C)Cc2cccc(c2)C1. The molecule has 1 spiro atoms. The van der Waals surface area contributed by atoms with Crippen molar-refractivity contribution in [3.05, 3.63) is 94.1 Å². The van der Waals surface area contributed by atoms with Gasteiger partial charge in [-0.25, -0.2) is 0 Å². The van der Waals surface area contributed by atoms with Crippen LogP contribution in [0.5, 0.6) is 0 Å². The lowest BCUT2D eigenvalue weighted by molar-refractivity contribution is -0.190. The third-order valence-electron chi connectivity index (χ3n) is 13.0. The largest absolute Gasteiger partial charge is 0.396 e. The fourth-order valence-corrected chi connectivity index (χ4v) is 10.4. The average Bonchev–Trinajstić information content (AvgIpc) is 3.47. The van der Waals surface area contributed by atoms with Crippen molar-refractivity contribution in [2.24, 2.45) is 29.1 Å². The Labute approximate surface area is 311 Å². The molecule has 1 aromatic rings. The van der Waals surface area contributed by atoms with Gasteiger partial charge in [0.1, 0.15) is 12.5 Å². The first-order valence-electron chi connectivity index (χ1n) is 19.7. The minimum Gasteiger partial charge on any atom is -0.396 e. The number of rotatable bonds is 12. The molecule has 9 atom stereocenters. The van der Waals surface area contributed by atoms with Gasteiger partial charge in [-0.3, -0.25) is 10.1 Å². The maximum absolute atomic E-state index is 12.8. The first-order valence-corrected chi connectivity index (χ1v) is 19.7. The molecule has 0 saturated heterocycles. The molecule has 7 N–H and O–H groups in total. The highest BCUT2D eigenvalue weighted by Gasteiger charge is 2.67. The van der Waals surface area contributed by atoms with Crippen LogP contribution in [0.15, 0.2) is 83.0 Å². The lowest BCUT2D eigenvalue weighted by Crippen LogP contribution is -2.63. The van der Waals surface area contributed by atoms with Crippen molar-refractivity contribution in [3.63, 3.8) is 0 Å². The molecule has 0 aromatic heterocycles. The normalized spacial score (nSPS) is 35.5. The van der Waals surface area contributed by atoms with Crippen LogP contribution in [0.4, 0.5) is 0 Å². The van der Waals surface area contributed by atoms with E-state index in [1.807, 2.05) is 32.2 Å². The second kappa shape index (κ2) is 18.1. The van der Waals surface area contributed by atoms with Gasteiger partial charge in [0.05, 0.1) is 18.3 Å². The Morgan fingerprint density at radius 1 is 1.15 bits per heavy atom. The molecule has 8 heteroatoms. The summed E-state index contributed by atoms with van der Waals surface area (Å²) in [5.41, 5.74) is 4.83. The molecule has 0 amide bonds. The van der Waals surface area contributed by atoms with Crippen molar-refractivity contribution >= 4 is 6.29 Å². The molecule has 0 unspecified atom stereocenters. The van der Waals surface area contributed by atoms with E-state index in [1.54, 1.807) is 0 Å². The van der Waals surface area contributed by atoms with Crippen molar-refractivity contribution < 1.29 is 30.3 Å². The number of allylic oxidation sites excluding steroid dienone is 7. The zero-order chi connectivity index (χ0) is 37.5. The van der Waals surface area contributed by atoms with E-state index in [1.165, 1.54) is 11.1 Å². The van der Waals surface area contributed by atoms with Crippen LogP contribution in [0.1, 0.15) is 89.2 Å². The van der Waals surface area contributed by atoms with Gasteiger partial charge in [-0.1, -0.05) is 66.3 Å². The van der Waals surface area contributed by atoms with E-state index < -0.39 is 23.3 Å². The van der Waals surface area contributed by atoms with Crippen molar-refractivity contribution in [3.8, 4) is 0 Å². The standard InChI is InChI=1S/C44H64N2O6/c1-29(34-17-16-30(2)42(51)46-31(3)23-32-10-6-11-33(24-32)25-34)9-5-13-36(27-48)38-18-19-44(41(38)50)39(15-8-22-47)40-35(12-7-14-37(40)28-49)26-43(44,52)20-21-45-4/h5-6,9-11,13,16,24,28,31,34-35,38-39,41-42,45-48,50-52H,1,7-8,12,14-15,17-23,25-27H2,2-4H3/b9-5+,30-16+,36-13-/t31-,34-,35+,38-,39-,41+,42+,43+,44+/m0/s1. The highest BCUT2D eigenvalue weighted by molar-refractivity contribution is 5.75. The van der Waals surface area contributed by atoms with Crippen molar-refractivity contribution in [2.45, 2.75) is 115 Å². The van der Waals surface area contributed by atoms with Crippen molar-refractivity contribution in [1.29, 1.82) is 0 Å². The van der Waals surface area contributed by atoms with Crippen LogP contribution in [0.3, 0.4) is 0 Å². The Bertz CT molecular complexity index is 1530. The molecular formula is C44H64N2O6. The van der Waals surface area contributed by atoms with E-state index in [0.29, 0.717) is 63.5 Å². The summed E-state index contributed by atoms with van der Waals surface area (Å²) in [7, 11) is 1.87. The number of hydrogen-bond acceptors (Lipinski definition) is 8.